The molecule has 0 bridgehead atoms. The molecule has 3 rings (SSSR count). The van der Waals surface area contributed by atoms with E-state index in [4.69, 9.17) is 0 Å². The molecule has 1 heterocycles. The Morgan fingerprint density at radius 2 is 1.67 bits per heavy atom. The number of halogens is 1. The average molecular weight is 279 g/mol. The zero-order valence-electron chi connectivity index (χ0n) is 11.4. The summed E-state index contributed by atoms with van der Waals surface area (Å²) in [4.78, 5) is 13.7. The Hall–Kier alpha value is -2.68. The zero-order valence-corrected chi connectivity index (χ0v) is 11.4. The smallest absolute Gasteiger partial charge is 0.251 e. The third-order valence-corrected chi connectivity index (χ3v) is 3.52. The molecule has 0 saturated carbocycles. The fourth-order valence-corrected chi connectivity index (χ4v) is 2.42. The van der Waals surface area contributed by atoms with Gasteiger partial charge in [-0.1, -0.05) is 55.1 Å². The van der Waals surface area contributed by atoms with E-state index in [-0.39, 0.29) is 11.7 Å². The molecule has 0 fully saturated rings. The van der Waals surface area contributed by atoms with Crippen LogP contribution in [-0.4, -0.2) is 10.8 Å². The van der Waals surface area contributed by atoms with Crippen LogP contribution in [0.1, 0.15) is 11.1 Å². The van der Waals surface area contributed by atoms with E-state index < -0.39 is 0 Å². The van der Waals surface area contributed by atoms with E-state index >= 15 is 0 Å². The van der Waals surface area contributed by atoms with Gasteiger partial charge in [0.1, 0.15) is 5.82 Å². The number of amides is 1. The summed E-state index contributed by atoms with van der Waals surface area (Å²) in [6, 6.07) is 16.1. The summed E-state index contributed by atoms with van der Waals surface area (Å²) in [7, 11) is 0. The van der Waals surface area contributed by atoms with E-state index in [0.29, 0.717) is 23.4 Å². The van der Waals surface area contributed by atoms with E-state index in [2.05, 4.69) is 6.58 Å². The molecular formula is C18H14FNO. The van der Waals surface area contributed by atoms with Crippen molar-refractivity contribution in [3.05, 3.63) is 89.9 Å². The van der Waals surface area contributed by atoms with Gasteiger partial charge in [-0.3, -0.25) is 4.79 Å². The number of hydrogen-bond donors (Lipinski definition) is 0. The summed E-state index contributed by atoms with van der Waals surface area (Å²) < 4.78 is 13.9. The molecule has 0 spiro atoms. The minimum atomic E-state index is -0.348. The minimum absolute atomic E-state index is 0.165. The molecule has 0 saturated heterocycles. The minimum Gasteiger partial charge on any atom is -0.304 e. The van der Waals surface area contributed by atoms with Gasteiger partial charge in [-0.15, -0.1) is 0 Å². The van der Waals surface area contributed by atoms with Gasteiger partial charge in [0.2, 0.25) is 0 Å². The Morgan fingerprint density at radius 3 is 2.38 bits per heavy atom. The Bertz CT molecular complexity index is 734. The van der Waals surface area contributed by atoms with Crippen molar-refractivity contribution in [2.75, 3.05) is 0 Å². The highest BCUT2D eigenvalue weighted by Crippen LogP contribution is 2.33. The largest absolute Gasteiger partial charge is 0.304 e. The van der Waals surface area contributed by atoms with Crippen molar-refractivity contribution in [3.63, 3.8) is 0 Å². The lowest BCUT2D eigenvalue weighted by atomic mass is 10.0. The molecular weight excluding hydrogens is 265 g/mol. The van der Waals surface area contributed by atoms with Gasteiger partial charge < -0.3 is 4.90 Å². The lowest BCUT2D eigenvalue weighted by Gasteiger charge is -2.19. The van der Waals surface area contributed by atoms with Gasteiger partial charge in [0.05, 0.1) is 6.54 Å². The third-order valence-electron chi connectivity index (χ3n) is 3.52. The highest BCUT2D eigenvalue weighted by atomic mass is 19.1. The predicted octanol–water partition coefficient (Wildman–Crippen LogP) is 3.77. The van der Waals surface area contributed by atoms with Crippen LogP contribution in [0, 0.1) is 5.82 Å². The molecule has 0 atom stereocenters. The van der Waals surface area contributed by atoms with Crippen LogP contribution in [0.15, 0.2) is 72.9 Å². The first-order valence-electron chi connectivity index (χ1n) is 6.68. The second-order valence-electron chi connectivity index (χ2n) is 4.89. The Kier molecular flexibility index (Phi) is 3.40. The van der Waals surface area contributed by atoms with E-state index in [1.807, 2.05) is 30.3 Å². The Morgan fingerprint density at radius 1 is 1.00 bits per heavy atom. The number of carbonyl (C=O) groups excluding carboxylic acids is 1. The molecule has 2 aromatic carbocycles. The van der Waals surface area contributed by atoms with Crippen molar-refractivity contribution in [1.82, 2.24) is 4.90 Å². The van der Waals surface area contributed by atoms with Crippen molar-refractivity contribution >= 4 is 11.5 Å². The maximum Gasteiger partial charge on any atom is 0.251 e. The van der Waals surface area contributed by atoms with E-state index in [0.717, 1.165) is 5.56 Å². The molecule has 0 aromatic heterocycles. The molecule has 0 radical (unpaired) electrons. The molecule has 1 aliphatic rings. The molecule has 104 valence electrons. The molecule has 3 heteroatoms. The first-order valence-corrected chi connectivity index (χ1v) is 6.68. The van der Waals surface area contributed by atoms with Crippen LogP contribution in [0.3, 0.4) is 0 Å². The lowest BCUT2D eigenvalue weighted by molar-refractivity contribution is -0.123. The van der Waals surface area contributed by atoms with Crippen molar-refractivity contribution in [2.45, 2.75) is 6.54 Å². The molecule has 1 aliphatic heterocycles. The maximum absolute atomic E-state index is 13.9. The van der Waals surface area contributed by atoms with Crippen LogP contribution in [0.2, 0.25) is 0 Å². The summed E-state index contributed by atoms with van der Waals surface area (Å²) >= 11 is 0. The quantitative estimate of drug-likeness (QED) is 0.837. The monoisotopic (exact) mass is 279 g/mol. The van der Waals surface area contributed by atoms with Gasteiger partial charge in [0.25, 0.3) is 5.91 Å². The van der Waals surface area contributed by atoms with E-state index in [1.54, 1.807) is 23.1 Å². The standard InChI is InChI=1S/C18H14FNO/c1-13-16(15-9-5-6-10-17(15)19)11-18(21)20(13)12-14-7-3-2-4-8-14/h2-11H,1,12H2. The second kappa shape index (κ2) is 5.37. The van der Waals surface area contributed by atoms with Crippen LogP contribution in [0.25, 0.3) is 5.57 Å². The van der Waals surface area contributed by atoms with Crippen molar-refractivity contribution in [3.8, 4) is 0 Å². The third kappa shape index (κ3) is 2.50. The summed E-state index contributed by atoms with van der Waals surface area (Å²) in [5.74, 6) is -0.513. The van der Waals surface area contributed by atoms with Crippen LogP contribution in [-0.2, 0) is 11.3 Å². The van der Waals surface area contributed by atoms with Gasteiger partial charge in [0, 0.05) is 22.9 Å². The van der Waals surface area contributed by atoms with Crippen molar-refractivity contribution in [2.24, 2.45) is 0 Å². The van der Waals surface area contributed by atoms with Crippen molar-refractivity contribution in [1.29, 1.82) is 0 Å². The first-order chi connectivity index (χ1) is 10.2. The number of allylic oxidation sites excluding steroid dienone is 1. The van der Waals surface area contributed by atoms with Crippen LogP contribution >= 0.6 is 0 Å². The van der Waals surface area contributed by atoms with Crippen LogP contribution < -0.4 is 0 Å². The van der Waals surface area contributed by atoms with Gasteiger partial charge in [0.15, 0.2) is 0 Å². The Balaban J connectivity index is 1.88. The molecule has 0 unspecified atom stereocenters. The fourth-order valence-electron chi connectivity index (χ4n) is 2.42. The number of hydrogen-bond acceptors (Lipinski definition) is 1. The molecule has 0 aliphatic carbocycles. The molecule has 1 amide bonds. The van der Waals surface area contributed by atoms with Crippen LogP contribution in [0.5, 0.6) is 0 Å². The van der Waals surface area contributed by atoms with Gasteiger partial charge in [-0.05, 0) is 11.6 Å². The normalized spacial score (nSPS) is 14.5. The summed E-state index contributed by atoms with van der Waals surface area (Å²) in [6.45, 7) is 4.39. The number of nitrogens with zero attached hydrogens (tertiary/aromatic N) is 1. The summed E-state index contributed by atoms with van der Waals surface area (Å²) in [5.41, 5.74) is 2.50. The zero-order chi connectivity index (χ0) is 14.8. The molecule has 0 N–H and O–H groups in total. The molecule has 2 aromatic rings. The fraction of sp³-hybridized carbons (Fsp3) is 0.0556. The SMILES string of the molecule is C=C1C(c2ccccc2F)=CC(=O)N1Cc1ccccc1. The van der Waals surface area contributed by atoms with E-state index in [9.17, 15) is 9.18 Å². The average Bonchev–Trinajstić information content (AvgIpc) is 2.77. The maximum atomic E-state index is 13.9. The highest BCUT2D eigenvalue weighted by Gasteiger charge is 2.27. The van der Waals surface area contributed by atoms with Gasteiger partial charge >= 0.3 is 0 Å². The molecule has 21 heavy (non-hydrogen) atoms. The lowest BCUT2D eigenvalue weighted by Crippen LogP contribution is -2.23. The van der Waals surface area contributed by atoms with Crippen LogP contribution in [0.4, 0.5) is 4.39 Å². The number of carbonyl (C=O) groups is 1. The van der Waals surface area contributed by atoms with Gasteiger partial charge in [-0.2, -0.15) is 0 Å². The molecule has 2 nitrogen and oxygen atoms in total. The first kappa shape index (κ1) is 13.3. The second-order valence-corrected chi connectivity index (χ2v) is 4.89. The summed E-state index contributed by atoms with van der Waals surface area (Å²) in [5, 5.41) is 0. The number of rotatable bonds is 3. The predicted molar refractivity (Wildman–Crippen MR) is 80.5 cm³/mol. The topological polar surface area (TPSA) is 20.3 Å². The summed E-state index contributed by atoms with van der Waals surface area (Å²) in [6.07, 6.45) is 1.45. The van der Waals surface area contributed by atoms with Crippen molar-refractivity contribution < 1.29 is 9.18 Å². The highest BCUT2D eigenvalue weighted by molar-refractivity contribution is 6.06. The number of benzene rings is 2. The van der Waals surface area contributed by atoms with Gasteiger partial charge in [-0.25, -0.2) is 4.39 Å². The van der Waals surface area contributed by atoms with E-state index in [1.165, 1.54) is 12.1 Å². The Labute approximate surface area is 122 Å².